The lowest BCUT2D eigenvalue weighted by atomic mass is 10.3. The van der Waals surface area contributed by atoms with Gasteiger partial charge in [-0.1, -0.05) is 0 Å². The third-order valence-electron chi connectivity index (χ3n) is 1.81. The Balaban J connectivity index is 2.54. The normalized spacial score (nSPS) is 10.3. The second-order valence-corrected chi connectivity index (χ2v) is 4.08. The molecule has 0 aliphatic rings. The predicted octanol–water partition coefficient (Wildman–Crippen LogP) is 1.37. The van der Waals surface area contributed by atoms with Gasteiger partial charge in [-0.25, -0.2) is 9.97 Å². The first-order valence-electron chi connectivity index (χ1n) is 5.01. The molecule has 0 radical (unpaired) electrons. The number of rotatable bonds is 4. The van der Waals surface area contributed by atoms with E-state index in [2.05, 4.69) is 20.6 Å². The van der Waals surface area contributed by atoms with E-state index in [0.717, 1.165) is 5.56 Å². The monoisotopic (exact) mass is 242 g/mol. The van der Waals surface area contributed by atoms with Crippen LogP contribution in [0.25, 0.3) is 0 Å². The number of aryl methyl sites for hydroxylation is 1. The Morgan fingerprint density at radius 1 is 1.56 bits per heavy atom. The van der Waals surface area contributed by atoms with Gasteiger partial charge in [0.05, 0.1) is 6.54 Å². The highest BCUT2D eigenvalue weighted by molar-refractivity contribution is 6.28. The van der Waals surface area contributed by atoms with E-state index >= 15 is 0 Å². The summed E-state index contributed by atoms with van der Waals surface area (Å²) in [6, 6.07) is 0.129. The smallest absolute Gasteiger partial charge is 0.239 e. The fourth-order valence-corrected chi connectivity index (χ4v) is 1.27. The van der Waals surface area contributed by atoms with E-state index in [-0.39, 0.29) is 23.8 Å². The minimum atomic E-state index is -0.0795. The number of anilines is 1. The van der Waals surface area contributed by atoms with Gasteiger partial charge in [0.1, 0.15) is 5.82 Å². The first-order chi connectivity index (χ1) is 7.49. The summed E-state index contributed by atoms with van der Waals surface area (Å²) in [5.41, 5.74) is 0.849. The largest absolute Gasteiger partial charge is 0.361 e. The molecular formula is C10H15ClN4O. The number of carbonyl (C=O) groups excluding carboxylic acids is 1. The van der Waals surface area contributed by atoms with E-state index in [1.165, 1.54) is 0 Å². The van der Waals surface area contributed by atoms with Gasteiger partial charge in [-0.05, 0) is 32.4 Å². The Labute approximate surface area is 99.6 Å². The molecule has 0 saturated carbocycles. The molecule has 16 heavy (non-hydrogen) atoms. The predicted molar refractivity (Wildman–Crippen MR) is 63.5 cm³/mol. The van der Waals surface area contributed by atoms with Crippen LogP contribution in [0.15, 0.2) is 6.20 Å². The average Bonchev–Trinajstić information content (AvgIpc) is 2.18. The summed E-state index contributed by atoms with van der Waals surface area (Å²) in [4.78, 5) is 19.2. The quantitative estimate of drug-likeness (QED) is 0.783. The number of nitrogens with zero attached hydrogens (tertiary/aromatic N) is 2. The molecule has 1 aromatic heterocycles. The van der Waals surface area contributed by atoms with Crippen molar-refractivity contribution in [2.45, 2.75) is 26.8 Å². The Morgan fingerprint density at radius 3 is 2.88 bits per heavy atom. The molecule has 0 saturated heterocycles. The Hall–Kier alpha value is -1.36. The molecular weight excluding hydrogens is 228 g/mol. The van der Waals surface area contributed by atoms with Crippen LogP contribution in [0.1, 0.15) is 19.4 Å². The van der Waals surface area contributed by atoms with Crippen molar-refractivity contribution >= 4 is 23.3 Å². The Morgan fingerprint density at radius 2 is 2.25 bits per heavy atom. The van der Waals surface area contributed by atoms with Crippen LogP contribution in [0, 0.1) is 6.92 Å². The number of halogens is 1. The van der Waals surface area contributed by atoms with Crippen LogP contribution >= 0.6 is 11.6 Å². The number of amides is 1. The number of nitrogens with one attached hydrogen (secondary N) is 2. The molecule has 2 N–H and O–H groups in total. The van der Waals surface area contributed by atoms with Crippen LogP contribution in [0.3, 0.4) is 0 Å². The zero-order chi connectivity index (χ0) is 12.1. The summed E-state index contributed by atoms with van der Waals surface area (Å²) in [6.07, 6.45) is 1.61. The van der Waals surface area contributed by atoms with Gasteiger partial charge in [0.15, 0.2) is 0 Å². The zero-order valence-corrected chi connectivity index (χ0v) is 10.3. The lowest BCUT2D eigenvalue weighted by Crippen LogP contribution is -2.35. The molecule has 0 fully saturated rings. The second-order valence-electron chi connectivity index (χ2n) is 3.75. The molecule has 1 heterocycles. The van der Waals surface area contributed by atoms with Crippen molar-refractivity contribution in [3.8, 4) is 0 Å². The molecule has 0 aromatic carbocycles. The lowest BCUT2D eigenvalue weighted by Gasteiger charge is -2.10. The maximum Gasteiger partial charge on any atom is 0.239 e. The van der Waals surface area contributed by atoms with Crippen molar-refractivity contribution in [3.63, 3.8) is 0 Å². The topological polar surface area (TPSA) is 66.9 Å². The van der Waals surface area contributed by atoms with E-state index in [9.17, 15) is 4.79 Å². The lowest BCUT2D eigenvalue weighted by molar-refractivity contribution is -0.119. The molecule has 0 spiro atoms. The Kier molecular flexibility index (Phi) is 4.49. The summed E-state index contributed by atoms with van der Waals surface area (Å²) in [5, 5.41) is 5.84. The van der Waals surface area contributed by atoms with Crippen molar-refractivity contribution < 1.29 is 4.79 Å². The van der Waals surface area contributed by atoms with Gasteiger partial charge in [-0.15, -0.1) is 0 Å². The highest BCUT2D eigenvalue weighted by atomic mass is 35.5. The van der Waals surface area contributed by atoms with E-state index < -0.39 is 0 Å². The number of hydrogen-bond donors (Lipinski definition) is 2. The Bertz CT molecular complexity index is 381. The zero-order valence-electron chi connectivity index (χ0n) is 9.54. The summed E-state index contributed by atoms with van der Waals surface area (Å²) in [6.45, 7) is 5.83. The maximum absolute atomic E-state index is 11.4. The molecule has 0 bridgehead atoms. The minimum Gasteiger partial charge on any atom is -0.361 e. The molecule has 1 rings (SSSR count). The van der Waals surface area contributed by atoms with E-state index in [4.69, 9.17) is 11.6 Å². The highest BCUT2D eigenvalue weighted by Crippen LogP contribution is 2.11. The van der Waals surface area contributed by atoms with Gasteiger partial charge in [-0.3, -0.25) is 4.79 Å². The fourth-order valence-electron chi connectivity index (χ4n) is 1.14. The van der Waals surface area contributed by atoms with Crippen molar-refractivity contribution in [1.29, 1.82) is 0 Å². The first-order valence-corrected chi connectivity index (χ1v) is 5.39. The van der Waals surface area contributed by atoms with Crippen LogP contribution in [0.2, 0.25) is 5.28 Å². The van der Waals surface area contributed by atoms with Gasteiger partial charge in [0.2, 0.25) is 11.2 Å². The van der Waals surface area contributed by atoms with Gasteiger partial charge < -0.3 is 10.6 Å². The molecule has 0 aliphatic carbocycles. The number of carbonyl (C=O) groups is 1. The summed E-state index contributed by atoms with van der Waals surface area (Å²) < 4.78 is 0. The molecule has 0 aliphatic heterocycles. The molecule has 5 nitrogen and oxygen atoms in total. The maximum atomic E-state index is 11.4. The van der Waals surface area contributed by atoms with E-state index in [1.807, 2.05) is 20.8 Å². The summed E-state index contributed by atoms with van der Waals surface area (Å²) in [5.74, 6) is 0.503. The van der Waals surface area contributed by atoms with Crippen LogP contribution < -0.4 is 10.6 Å². The van der Waals surface area contributed by atoms with Crippen molar-refractivity contribution in [2.75, 3.05) is 11.9 Å². The second kappa shape index (κ2) is 5.65. The summed E-state index contributed by atoms with van der Waals surface area (Å²) >= 11 is 5.65. The third-order valence-corrected chi connectivity index (χ3v) is 1.99. The van der Waals surface area contributed by atoms with Crippen molar-refractivity contribution in [3.05, 3.63) is 17.0 Å². The SMILES string of the molecule is Cc1cnc(Cl)nc1NCC(=O)NC(C)C. The average molecular weight is 243 g/mol. The van der Waals surface area contributed by atoms with Gasteiger partial charge in [0, 0.05) is 17.8 Å². The van der Waals surface area contributed by atoms with E-state index in [0.29, 0.717) is 5.82 Å². The minimum absolute atomic E-state index is 0.0795. The molecule has 88 valence electrons. The number of hydrogen-bond acceptors (Lipinski definition) is 4. The molecule has 1 amide bonds. The van der Waals surface area contributed by atoms with Crippen LogP contribution in [-0.2, 0) is 4.79 Å². The van der Waals surface area contributed by atoms with Crippen molar-refractivity contribution in [2.24, 2.45) is 0 Å². The van der Waals surface area contributed by atoms with Crippen molar-refractivity contribution in [1.82, 2.24) is 15.3 Å². The van der Waals surface area contributed by atoms with Crippen LogP contribution in [-0.4, -0.2) is 28.5 Å². The highest BCUT2D eigenvalue weighted by Gasteiger charge is 2.06. The van der Waals surface area contributed by atoms with Crippen LogP contribution in [0.5, 0.6) is 0 Å². The van der Waals surface area contributed by atoms with Gasteiger partial charge in [-0.2, -0.15) is 0 Å². The van der Waals surface area contributed by atoms with E-state index in [1.54, 1.807) is 6.20 Å². The molecule has 6 heteroatoms. The van der Waals surface area contributed by atoms with Gasteiger partial charge >= 0.3 is 0 Å². The molecule has 0 atom stereocenters. The van der Waals surface area contributed by atoms with Crippen LogP contribution in [0.4, 0.5) is 5.82 Å². The molecule has 0 unspecified atom stereocenters. The third kappa shape index (κ3) is 4.02. The number of aromatic nitrogens is 2. The fraction of sp³-hybridized carbons (Fsp3) is 0.500. The first kappa shape index (κ1) is 12.7. The summed E-state index contributed by atoms with van der Waals surface area (Å²) in [7, 11) is 0. The molecule has 1 aromatic rings. The van der Waals surface area contributed by atoms with Gasteiger partial charge in [0.25, 0.3) is 0 Å². The standard InChI is InChI=1S/C10H15ClN4O/c1-6(2)14-8(16)5-12-9-7(3)4-13-10(11)15-9/h4,6H,5H2,1-3H3,(H,14,16)(H,12,13,15).